The minimum absolute atomic E-state index is 0.568. The second kappa shape index (κ2) is 4.81. The Morgan fingerprint density at radius 1 is 1.19 bits per heavy atom. The van der Waals surface area contributed by atoms with Crippen LogP contribution in [0, 0.1) is 6.07 Å². The molecule has 0 aromatic heterocycles. The van der Waals surface area contributed by atoms with E-state index in [0.717, 1.165) is 22.4 Å². The molecule has 0 unspecified atom stereocenters. The average molecular weight is 212 g/mol. The zero-order valence-electron chi connectivity index (χ0n) is 9.23. The number of ether oxygens (including phenoxy) is 1. The lowest BCUT2D eigenvalue weighted by atomic mass is 10.0. The van der Waals surface area contributed by atoms with E-state index in [9.17, 15) is 0 Å². The molecule has 16 heavy (non-hydrogen) atoms. The van der Waals surface area contributed by atoms with Crippen molar-refractivity contribution < 1.29 is 4.74 Å². The van der Waals surface area contributed by atoms with Crippen molar-refractivity contribution >= 4 is 0 Å². The molecule has 0 atom stereocenters. The van der Waals surface area contributed by atoms with Gasteiger partial charge in [-0.05, 0) is 11.1 Å². The van der Waals surface area contributed by atoms with E-state index in [-0.39, 0.29) is 0 Å². The molecule has 0 aliphatic heterocycles. The van der Waals surface area contributed by atoms with E-state index in [1.807, 2.05) is 42.5 Å². The molecule has 0 aliphatic rings. The van der Waals surface area contributed by atoms with Gasteiger partial charge >= 0.3 is 0 Å². The summed E-state index contributed by atoms with van der Waals surface area (Å²) in [5.41, 5.74) is 8.86. The predicted molar refractivity (Wildman–Crippen MR) is 65.2 cm³/mol. The molecule has 2 rings (SSSR count). The number of nitrogens with two attached hydrogens (primary N) is 1. The monoisotopic (exact) mass is 212 g/mol. The Bertz CT molecular complexity index is 462. The van der Waals surface area contributed by atoms with E-state index >= 15 is 0 Å². The fourth-order valence-electron chi connectivity index (χ4n) is 1.64. The molecule has 81 valence electrons. The van der Waals surface area contributed by atoms with Crippen molar-refractivity contribution in [3.8, 4) is 16.9 Å². The first-order chi connectivity index (χ1) is 7.85. The van der Waals surface area contributed by atoms with Gasteiger partial charge in [0.15, 0.2) is 0 Å². The van der Waals surface area contributed by atoms with Gasteiger partial charge in [0.1, 0.15) is 5.75 Å². The number of hydrogen-bond donors (Lipinski definition) is 1. The van der Waals surface area contributed by atoms with Gasteiger partial charge < -0.3 is 10.5 Å². The van der Waals surface area contributed by atoms with E-state index in [1.54, 1.807) is 7.11 Å². The van der Waals surface area contributed by atoms with Crippen LogP contribution in [0.2, 0.25) is 0 Å². The second-order valence-corrected chi connectivity index (χ2v) is 3.52. The quantitative estimate of drug-likeness (QED) is 0.848. The first kappa shape index (κ1) is 10.7. The first-order valence-corrected chi connectivity index (χ1v) is 5.19. The van der Waals surface area contributed by atoms with Crippen LogP contribution >= 0.6 is 0 Å². The molecule has 2 N–H and O–H groups in total. The topological polar surface area (TPSA) is 35.2 Å². The van der Waals surface area contributed by atoms with Crippen LogP contribution in [0.1, 0.15) is 5.56 Å². The summed E-state index contributed by atoms with van der Waals surface area (Å²) in [5, 5.41) is 0. The zero-order chi connectivity index (χ0) is 11.4. The maximum atomic E-state index is 5.56. The van der Waals surface area contributed by atoms with Gasteiger partial charge in [-0.3, -0.25) is 0 Å². The minimum Gasteiger partial charge on any atom is -0.495 e. The van der Waals surface area contributed by atoms with Crippen LogP contribution in [0.3, 0.4) is 0 Å². The summed E-state index contributed by atoms with van der Waals surface area (Å²) in [6.45, 7) is 0.568. The number of hydrogen-bond acceptors (Lipinski definition) is 2. The smallest absolute Gasteiger partial charge is 0.134 e. The van der Waals surface area contributed by atoms with Crippen LogP contribution in [-0.2, 0) is 6.54 Å². The van der Waals surface area contributed by atoms with Gasteiger partial charge in [-0.1, -0.05) is 42.5 Å². The molecular weight excluding hydrogens is 198 g/mol. The van der Waals surface area contributed by atoms with Crippen molar-refractivity contribution in [2.75, 3.05) is 7.11 Å². The van der Waals surface area contributed by atoms with E-state index in [4.69, 9.17) is 10.5 Å². The summed E-state index contributed by atoms with van der Waals surface area (Å²) in [5.74, 6) is 0.767. The van der Waals surface area contributed by atoms with E-state index < -0.39 is 0 Å². The maximum Gasteiger partial charge on any atom is 0.134 e. The number of rotatable bonds is 3. The van der Waals surface area contributed by atoms with Crippen molar-refractivity contribution in [1.29, 1.82) is 0 Å². The summed E-state index contributed by atoms with van der Waals surface area (Å²) in [6, 6.07) is 17.0. The molecule has 0 spiro atoms. The van der Waals surface area contributed by atoms with Gasteiger partial charge in [-0.2, -0.15) is 0 Å². The van der Waals surface area contributed by atoms with Crippen molar-refractivity contribution in [2.45, 2.75) is 6.54 Å². The molecule has 2 nitrogen and oxygen atoms in total. The van der Waals surface area contributed by atoms with E-state index in [1.165, 1.54) is 0 Å². The van der Waals surface area contributed by atoms with Crippen molar-refractivity contribution in [2.24, 2.45) is 5.73 Å². The molecule has 2 aromatic rings. The lowest BCUT2D eigenvalue weighted by molar-refractivity contribution is 0.415. The van der Waals surface area contributed by atoms with Gasteiger partial charge in [0.2, 0.25) is 0 Å². The normalized spacial score (nSPS) is 10.1. The van der Waals surface area contributed by atoms with Gasteiger partial charge in [0, 0.05) is 18.2 Å². The van der Waals surface area contributed by atoms with Crippen molar-refractivity contribution in [3.63, 3.8) is 0 Å². The number of para-hydroxylation sites is 1. The maximum absolute atomic E-state index is 5.56. The lowest BCUT2D eigenvalue weighted by Gasteiger charge is -2.08. The van der Waals surface area contributed by atoms with Crippen LogP contribution in [0.4, 0.5) is 0 Å². The summed E-state index contributed by atoms with van der Waals surface area (Å²) in [4.78, 5) is 0. The Morgan fingerprint density at radius 2 is 1.94 bits per heavy atom. The fourth-order valence-corrected chi connectivity index (χ4v) is 1.64. The zero-order valence-corrected chi connectivity index (χ0v) is 9.23. The Labute approximate surface area is 95.7 Å². The van der Waals surface area contributed by atoms with Crippen LogP contribution in [0.25, 0.3) is 11.1 Å². The lowest BCUT2D eigenvalue weighted by Crippen LogP contribution is -1.95. The molecule has 0 aliphatic carbocycles. The number of methoxy groups -OCH3 is 1. The molecular formula is C14H14NO. The second-order valence-electron chi connectivity index (χ2n) is 3.52. The highest BCUT2D eigenvalue weighted by Crippen LogP contribution is 2.28. The number of benzene rings is 2. The highest BCUT2D eigenvalue weighted by Gasteiger charge is 2.04. The Morgan fingerprint density at radius 3 is 2.56 bits per heavy atom. The van der Waals surface area contributed by atoms with E-state index in [2.05, 4.69) is 6.07 Å². The Kier molecular flexibility index (Phi) is 3.22. The summed E-state index contributed by atoms with van der Waals surface area (Å²) < 4.78 is 5.28. The van der Waals surface area contributed by atoms with Crippen molar-refractivity contribution in [1.82, 2.24) is 0 Å². The molecule has 0 bridgehead atoms. The van der Waals surface area contributed by atoms with Gasteiger partial charge in [-0.15, -0.1) is 0 Å². The SMILES string of the molecule is COc1[c]cccc1-c1ccc(CN)cc1. The molecule has 0 amide bonds. The highest BCUT2D eigenvalue weighted by molar-refractivity contribution is 5.70. The summed E-state index contributed by atoms with van der Waals surface area (Å²) in [6.07, 6.45) is 0. The van der Waals surface area contributed by atoms with Gasteiger partial charge in [0.05, 0.1) is 7.11 Å². The molecule has 2 aromatic carbocycles. The van der Waals surface area contributed by atoms with Crippen molar-refractivity contribution in [3.05, 3.63) is 54.1 Å². The molecule has 0 heterocycles. The summed E-state index contributed by atoms with van der Waals surface area (Å²) >= 11 is 0. The van der Waals surface area contributed by atoms with Crippen LogP contribution in [0.5, 0.6) is 5.75 Å². The molecule has 1 radical (unpaired) electrons. The fraction of sp³-hybridized carbons (Fsp3) is 0.143. The van der Waals surface area contributed by atoms with E-state index in [0.29, 0.717) is 6.54 Å². The Balaban J connectivity index is 2.42. The molecule has 0 fully saturated rings. The van der Waals surface area contributed by atoms with Gasteiger partial charge in [0.25, 0.3) is 0 Å². The van der Waals surface area contributed by atoms with Crippen LogP contribution < -0.4 is 10.5 Å². The standard InChI is InChI=1S/C14H14NO/c1-16-14-5-3-2-4-13(14)12-8-6-11(10-15)7-9-12/h2-4,6-9H,10,15H2,1H3. The largest absolute Gasteiger partial charge is 0.495 e. The predicted octanol–water partition coefficient (Wildman–Crippen LogP) is 2.62. The minimum atomic E-state index is 0.568. The third-order valence-corrected chi connectivity index (χ3v) is 2.52. The third-order valence-electron chi connectivity index (χ3n) is 2.52. The molecule has 0 saturated carbocycles. The third kappa shape index (κ3) is 2.07. The molecule has 0 saturated heterocycles. The first-order valence-electron chi connectivity index (χ1n) is 5.19. The van der Waals surface area contributed by atoms with Crippen LogP contribution in [-0.4, -0.2) is 7.11 Å². The summed E-state index contributed by atoms with van der Waals surface area (Å²) in [7, 11) is 1.66. The average Bonchev–Trinajstić information content (AvgIpc) is 2.39. The highest BCUT2D eigenvalue weighted by atomic mass is 16.5. The van der Waals surface area contributed by atoms with Gasteiger partial charge in [-0.25, -0.2) is 0 Å². The molecule has 2 heteroatoms. The Hall–Kier alpha value is -1.80. The van der Waals surface area contributed by atoms with Crippen LogP contribution in [0.15, 0.2) is 42.5 Å².